The van der Waals surface area contributed by atoms with Gasteiger partial charge in [-0.25, -0.2) is 0 Å². The molecule has 7 heteroatoms. The van der Waals surface area contributed by atoms with Crippen molar-refractivity contribution in [2.24, 2.45) is 0 Å². The highest BCUT2D eigenvalue weighted by atomic mass is 35.5. The lowest BCUT2D eigenvalue weighted by Crippen LogP contribution is -2.51. The minimum Gasteiger partial charge on any atom is -0.336 e. The molecule has 3 rings (SSSR count). The molecule has 0 spiro atoms. The molecule has 2 heterocycles. The van der Waals surface area contributed by atoms with Crippen LogP contribution in [0.25, 0.3) is 0 Å². The zero-order valence-electron chi connectivity index (χ0n) is 11.8. The fourth-order valence-electron chi connectivity index (χ4n) is 3.23. The number of hydrogen-bond acceptors (Lipinski definition) is 4. The van der Waals surface area contributed by atoms with E-state index >= 15 is 0 Å². The van der Waals surface area contributed by atoms with Gasteiger partial charge in [-0.1, -0.05) is 36.0 Å². The predicted octanol–water partition coefficient (Wildman–Crippen LogP) is 2.48. The number of rotatable bonds is 2. The van der Waals surface area contributed by atoms with Gasteiger partial charge in [0.15, 0.2) is 10.3 Å². The van der Waals surface area contributed by atoms with E-state index < -0.39 is 0 Å². The smallest absolute Gasteiger partial charge is 0.257 e. The van der Waals surface area contributed by atoms with Gasteiger partial charge in [0.1, 0.15) is 0 Å². The molecule has 1 aromatic heterocycles. The van der Waals surface area contributed by atoms with Crippen molar-refractivity contribution in [3.05, 3.63) is 21.9 Å². The molecule has 5 nitrogen and oxygen atoms in total. The van der Waals surface area contributed by atoms with Gasteiger partial charge in [0.2, 0.25) is 0 Å². The minimum atomic E-state index is -0.108. The highest BCUT2D eigenvalue weighted by Crippen LogP contribution is 2.25. The summed E-state index contributed by atoms with van der Waals surface area (Å²) in [4.78, 5) is 16.8. The molecule has 0 unspecified atom stereocenters. The maximum atomic E-state index is 12.5. The van der Waals surface area contributed by atoms with E-state index in [0.29, 0.717) is 11.6 Å². The molecule has 1 aromatic rings. The largest absolute Gasteiger partial charge is 0.336 e. The Labute approximate surface area is 134 Å². The molecule has 1 saturated carbocycles. The SMILES string of the molecule is O=C(c1cc(Cl)nnc1Cl)N1CCN(C2CCCC2)CC1. The molecule has 114 valence electrons. The average molecular weight is 329 g/mol. The van der Waals surface area contributed by atoms with Crippen molar-refractivity contribution in [3.63, 3.8) is 0 Å². The first-order valence-electron chi connectivity index (χ1n) is 7.37. The summed E-state index contributed by atoms with van der Waals surface area (Å²) >= 11 is 11.8. The van der Waals surface area contributed by atoms with Crippen LogP contribution in [0.15, 0.2) is 6.07 Å². The summed E-state index contributed by atoms with van der Waals surface area (Å²) in [5, 5.41) is 7.63. The summed E-state index contributed by atoms with van der Waals surface area (Å²) in [5.74, 6) is -0.108. The highest BCUT2D eigenvalue weighted by molar-refractivity contribution is 6.34. The molecule has 21 heavy (non-hydrogen) atoms. The molecular formula is C14H18Cl2N4O. The zero-order valence-corrected chi connectivity index (χ0v) is 13.3. The number of carbonyl (C=O) groups is 1. The van der Waals surface area contributed by atoms with E-state index in [0.717, 1.165) is 26.2 Å². The number of halogens is 2. The van der Waals surface area contributed by atoms with Crippen LogP contribution >= 0.6 is 23.2 Å². The minimum absolute atomic E-state index is 0.108. The van der Waals surface area contributed by atoms with Crippen molar-refractivity contribution in [2.75, 3.05) is 26.2 Å². The number of carbonyl (C=O) groups excluding carboxylic acids is 1. The third-order valence-corrected chi connectivity index (χ3v) is 4.86. The summed E-state index contributed by atoms with van der Waals surface area (Å²) < 4.78 is 0. The lowest BCUT2D eigenvalue weighted by Gasteiger charge is -2.38. The van der Waals surface area contributed by atoms with Crippen molar-refractivity contribution in [2.45, 2.75) is 31.7 Å². The van der Waals surface area contributed by atoms with Crippen LogP contribution in [0.4, 0.5) is 0 Å². The Kier molecular flexibility index (Phi) is 4.62. The van der Waals surface area contributed by atoms with Gasteiger partial charge in [0.05, 0.1) is 5.56 Å². The van der Waals surface area contributed by atoms with E-state index in [1.54, 1.807) is 0 Å². The van der Waals surface area contributed by atoms with Gasteiger partial charge in [0, 0.05) is 32.2 Å². The van der Waals surface area contributed by atoms with Gasteiger partial charge in [-0.3, -0.25) is 9.69 Å². The summed E-state index contributed by atoms with van der Waals surface area (Å²) in [6.07, 6.45) is 5.26. The molecule has 1 aliphatic carbocycles. The Morgan fingerprint density at radius 3 is 2.43 bits per heavy atom. The average Bonchev–Trinajstić information content (AvgIpc) is 3.03. The van der Waals surface area contributed by atoms with Crippen LogP contribution in [0.1, 0.15) is 36.0 Å². The van der Waals surface area contributed by atoms with Crippen LogP contribution in [0.2, 0.25) is 10.3 Å². The zero-order chi connectivity index (χ0) is 14.8. The van der Waals surface area contributed by atoms with Crippen molar-refractivity contribution in [1.82, 2.24) is 20.0 Å². The molecule has 2 fully saturated rings. The van der Waals surface area contributed by atoms with E-state index in [4.69, 9.17) is 23.2 Å². The fraction of sp³-hybridized carbons (Fsp3) is 0.643. The third-order valence-electron chi connectivity index (χ3n) is 4.39. The lowest BCUT2D eigenvalue weighted by atomic mass is 10.1. The van der Waals surface area contributed by atoms with Crippen LogP contribution in [-0.4, -0.2) is 58.1 Å². The van der Waals surface area contributed by atoms with Gasteiger partial charge >= 0.3 is 0 Å². The van der Waals surface area contributed by atoms with Crippen LogP contribution in [0.3, 0.4) is 0 Å². The first-order valence-corrected chi connectivity index (χ1v) is 8.13. The van der Waals surface area contributed by atoms with E-state index in [9.17, 15) is 4.79 Å². The van der Waals surface area contributed by atoms with Crippen molar-refractivity contribution in [1.29, 1.82) is 0 Å². The van der Waals surface area contributed by atoms with Gasteiger partial charge in [0.25, 0.3) is 5.91 Å². The van der Waals surface area contributed by atoms with Crippen LogP contribution in [0, 0.1) is 0 Å². The molecule has 0 aromatic carbocycles. The molecule has 0 N–H and O–H groups in total. The predicted molar refractivity (Wildman–Crippen MR) is 81.8 cm³/mol. The third kappa shape index (κ3) is 3.30. The number of aromatic nitrogens is 2. The van der Waals surface area contributed by atoms with Crippen LogP contribution in [0.5, 0.6) is 0 Å². The summed E-state index contributed by atoms with van der Waals surface area (Å²) in [5.41, 5.74) is 0.339. The first kappa shape index (κ1) is 15.0. The number of amides is 1. The molecule has 0 atom stereocenters. The molecule has 1 saturated heterocycles. The fourth-order valence-corrected chi connectivity index (χ4v) is 3.55. The van der Waals surface area contributed by atoms with Gasteiger partial charge in [-0.2, -0.15) is 0 Å². The van der Waals surface area contributed by atoms with Gasteiger partial charge in [-0.05, 0) is 18.9 Å². The summed E-state index contributed by atoms with van der Waals surface area (Å²) in [6.45, 7) is 3.32. The van der Waals surface area contributed by atoms with Crippen LogP contribution in [-0.2, 0) is 0 Å². The van der Waals surface area contributed by atoms with Gasteiger partial charge in [-0.15, -0.1) is 10.2 Å². The molecule has 1 aliphatic heterocycles. The topological polar surface area (TPSA) is 49.3 Å². The second kappa shape index (κ2) is 6.46. The lowest BCUT2D eigenvalue weighted by molar-refractivity contribution is 0.0573. The summed E-state index contributed by atoms with van der Waals surface area (Å²) in [6, 6.07) is 2.20. The second-order valence-corrected chi connectivity index (χ2v) is 6.38. The quantitative estimate of drug-likeness (QED) is 0.836. The Balaban J connectivity index is 1.63. The Bertz CT molecular complexity index is 526. The van der Waals surface area contributed by atoms with Crippen molar-refractivity contribution in [3.8, 4) is 0 Å². The standard InChI is InChI=1S/C14H18Cl2N4O/c15-12-9-11(13(16)18-17-12)14(21)20-7-5-19(6-8-20)10-3-1-2-4-10/h9-10H,1-8H2. The Hall–Kier alpha value is -0.910. The van der Waals surface area contributed by atoms with E-state index in [1.165, 1.54) is 31.7 Å². The molecular weight excluding hydrogens is 311 g/mol. The van der Waals surface area contributed by atoms with Crippen LogP contribution < -0.4 is 0 Å². The van der Waals surface area contributed by atoms with E-state index in [-0.39, 0.29) is 16.2 Å². The summed E-state index contributed by atoms with van der Waals surface area (Å²) in [7, 11) is 0. The number of hydrogen-bond donors (Lipinski definition) is 0. The monoisotopic (exact) mass is 328 g/mol. The maximum absolute atomic E-state index is 12.5. The Morgan fingerprint density at radius 1 is 1.10 bits per heavy atom. The van der Waals surface area contributed by atoms with E-state index in [1.807, 2.05) is 4.90 Å². The molecule has 2 aliphatic rings. The van der Waals surface area contributed by atoms with Crippen molar-refractivity contribution >= 4 is 29.1 Å². The van der Waals surface area contributed by atoms with Gasteiger partial charge < -0.3 is 4.90 Å². The Morgan fingerprint density at radius 2 is 1.76 bits per heavy atom. The van der Waals surface area contributed by atoms with Crippen molar-refractivity contribution < 1.29 is 4.79 Å². The number of piperazine rings is 1. The molecule has 0 radical (unpaired) electrons. The molecule has 0 bridgehead atoms. The number of nitrogens with zero attached hydrogens (tertiary/aromatic N) is 4. The van der Waals surface area contributed by atoms with E-state index in [2.05, 4.69) is 15.1 Å². The maximum Gasteiger partial charge on any atom is 0.257 e. The highest BCUT2D eigenvalue weighted by Gasteiger charge is 2.29. The second-order valence-electron chi connectivity index (χ2n) is 5.64. The first-order chi connectivity index (χ1) is 10.1. The molecule has 1 amide bonds. The normalized spacial score (nSPS) is 21.0.